The maximum absolute atomic E-state index is 3.47. The molecule has 0 amide bonds. The number of hydrogen-bond donors (Lipinski definition) is 1. The van der Waals surface area contributed by atoms with E-state index < -0.39 is 0 Å². The van der Waals surface area contributed by atoms with Gasteiger partial charge in [0, 0.05) is 21.2 Å². The fourth-order valence-corrected chi connectivity index (χ4v) is 3.37. The SMILES string of the molecule is CNC(CSc1ccc(Br)cc1)Cc1cccc(C)c1. The van der Waals surface area contributed by atoms with Gasteiger partial charge in [-0.2, -0.15) is 0 Å². The second kappa shape index (κ2) is 7.87. The highest BCUT2D eigenvalue weighted by Crippen LogP contribution is 2.22. The average Bonchev–Trinajstić information content (AvgIpc) is 2.45. The van der Waals surface area contributed by atoms with Gasteiger partial charge in [0.2, 0.25) is 0 Å². The topological polar surface area (TPSA) is 12.0 Å². The highest BCUT2D eigenvalue weighted by Gasteiger charge is 2.08. The number of thioether (sulfide) groups is 1. The molecule has 0 saturated heterocycles. The lowest BCUT2D eigenvalue weighted by atomic mass is 10.1. The van der Waals surface area contributed by atoms with Gasteiger partial charge in [-0.15, -0.1) is 11.8 Å². The van der Waals surface area contributed by atoms with Gasteiger partial charge in [-0.3, -0.25) is 0 Å². The van der Waals surface area contributed by atoms with E-state index in [0.717, 1.165) is 16.6 Å². The molecule has 0 radical (unpaired) electrons. The summed E-state index contributed by atoms with van der Waals surface area (Å²) in [5.74, 6) is 1.08. The lowest BCUT2D eigenvalue weighted by molar-refractivity contribution is 0.617. The molecule has 0 saturated carbocycles. The zero-order valence-corrected chi connectivity index (χ0v) is 14.3. The van der Waals surface area contributed by atoms with Crippen LogP contribution < -0.4 is 5.32 Å². The summed E-state index contributed by atoms with van der Waals surface area (Å²) >= 11 is 5.37. The van der Waals surface area contributed by atoms with Crippen molar-refractivity contribution < 1.29 is 0 Å². The molecule has 0 aromatic heterocycles. The first-order chi connectivity index (χ1) is 9.67. The molecule has 0 aliphatic carbocycles. The third-order valence-corrected chi connectivity index (χ3v) is 4.94. The van der Waals surface area contributed by atoms with Gasteiger partial charge in [0.05, 0.1) is 0 Å². The molecule has 2 aromatic carbocycles. The van der Waals surface area contributed by atoms with Gasteiger partial charge in [0.1, 0.15) is 0 Å². The molecule has 2 aromatic rings. The van der Waals surface area contributed by atoms with Crippen molar-refractivity contribution in [2.24, 2.45) is 0 Å². The first-order valence-electron chi connectivity index (χ1n) is 6.78. The van der Waals surface area contributed by atoms with Crippen molar-refractivity contribution in [2.75, 3.05) is 12.8 Å². The third kappa shape index (κ3) is 4.97. The van der Waals surface area contributed by atoms with Crippen LogP contribution in [0.3, 0.4) is 0 Å². The Hall–Kier alpha value is -0.770. The van der Waals surface area contributed by atoms with E-state index in [2.05, 4.69) is 76.7 Å². The van der Waals surface area contributed by atoms with Crippen molar-refractivity contribution in [2.45, 2.75) is 24.3 Å². The van der Waals surface area contributed by atoms with E-state index in [1.54, 1.807) is 0 Å². The number of benzene rings is 2. The minimum atomic E-state index is 0.491. The van der Waals surface area contributed by atoms with E-state index in [1.165, 1.54) is 16.0 Å². The van der Waals surface area contributed by atoms with Gasteiger partial charge in [-0.1, -0.05) is 45.8 Å². The molecule has 0 spiro atoms. The van der Waals surface area contributed by atoms with E-state index in [-0.39, 0.29) is 0 Å². The summed E-state index contributed by atoms with van der Waals surface area (Å²) in [4.78, 5) is 1.32. The summed E-state index contributed by atoms with van der Waals surface area (Å²) in [5, 5.41) is 3.42. The number of hydrogen-bond acceptors (Lipinski definition) is 2. The molecular formula is C17H20BrNS. The zero-order chi connectivity index (χ0) is 14.4. The molecule has 106 valence electrons. The Morgan fingerprint density at radius 1 is 1.15 bits per heavy atom. The summed E-state index contributed by atoms with van der Waals surface area (Å²) in [7, 11) is 2.04. The van der Waals surface area contributed by atoms with Crippen LogP contribution in [-0.4, -0.2) is 18.8 Å². The highest BCUT2D eigenvalue weighted by molar-refractivity contribution is 9.10. The van der Waals surface area contributed by atoms with E-state index in [9.17, 15) is 0 Å². The fourth-order valence-electron chi connectivity index (χ4n) is 2.10. The number of halogens is 1. The molecule has 1 N–H and O–H groups in total. The van der Waals surface area contributed by atoms with Gasteiger partial charge in [-0.25, -0.2) is 0 Å². The minimum Gasteiger partial charge on any atom is -0.316 e. The number of rotatable bonds is 6. The van der Waals surface area contributed by atoms with Crippen LogP contribution in [0.15, 0.2) is 57.9 Å². The molecule has 0 heterocycles. The van der Waals surface area contributed by atoms with E-state index in [1.807, 2.05) is 18.8 Å². The smallest absolute Gasteiger partial charge is 0.0199 e. The molecule has 0 aliphatic heterocycles. The molecular weight excluding hydrogens is 330 g/mol. The van der Waals surface area contributed by atoms with Gasteiger partial charge in [-0.05, 0) is 50.2 Å². The molecule has 3 heteroatoms. The summed E-state index contributed by atoms with van der Waals surface area (Å²) in [5.41, 5.74) is 2.73. The van der Waals surface area contributed by atoms with Gasteiger partial charge in [0.15, 0.2) is 0 Å². The summed E-state index contributed by atoms with van der Waals surface area (Å²) in [6.45, 7) is 2.15. The molecule has 1 nitrogen and oxygen atoms in total. The maximum Gasteiger partial charge on any atom is 0.0199 e. The van der Waals surface area contributed by atoms with Gasteiger partial charge < -0.3 is 5.32 Å². The number of nitrogens with one attached hydrogen (secondary N) is 1. The zero-order valence-electron chi connectivity index (χ0n) is 11.9. The lowest BCUT2D eigenvalue weighted by Gasteiger charge is -2.16. The maximum atomic E-state index is 3.47. The van der Waals surface area contributed by atoms with Crippen molar-refractivity contribution >= 4 is 27.7 Å². The summed E-state index contributed by atoms with van der Waals surface area (Å²) in [6.07, 6.45) is 1.07. The van der Waals surface area contributed by atoms with Crippen LogP contribution in [-0.2, 0) is 6.42 Å². The molecule has 0 fully saturated rings. The first-order valence-corrected chi connectivity index (χ1v) is 8.56. The van der Waals surface area contributed by atoms with E-state index in [0.29, 0.717) is 6.04 Å². The molecule has 1 unspecified atom stereocenters. The van der Waals surface area contributed by atoms with E-state index >= 15 is 0 Å². The minimum absolute atomic E-state index is 0.491. The molecule has 1 atom stereocenters. The van der Waals surface area contributed by atoms with Crippen molar-refractivity contribution in [3.8, 4) is 0 Å². The third-order valence-electron chi connectivity index (χ3n) is 3.24. The van der Waals surface area contributed by atoms with Crippen LogP contribution in [0.25, 0.3) is 0 Å². The quantitative estimate of drug-likeness (QED) is 0.759. The van der Waals surface area contributed by atoms with Gasteiger partial charge >= 0.3 is 0 Å². The lowest BCUT2D eigenvalue weighted by Crippen LogP contribution is -2.30. The predicted molar refractivity (Wildman–Crippen MR) is 92.6 cm³/mol. The van der Waals surface area contributed by atoms with E-state index in [4.69, 9.17) is 0 Å². The van der Waals surface area contributed by atoms with Crippen LogP contribution in [0, 0.1) is 6.92 Å². The van der Waals surface area contributed by atoms with Crippen LogP contribution in [0.1, 0.15) is 11.1 Å². The van der Waals surface area contributed by atoms with Crippen LogP contribution in [0.2, 0.25) is 0 Å². The Kier molecular flexibility index (Phi) is 6.14. The molecule has 0 bridgehead atoms. The van der Waals surface area contributed by atoms with Crippen LogP contribution in [0.4, 0.5) is 0 Å². The summed E-state index contributed by atoms with van der Waals surface area (Å²) in [6, 6.07) is 17.8. The van der Waals surface area contributed by atoms with Crippen molar-refractivity contribution in [1.29, 1.82) is 0 Å². The predicted octanol–water partition coefficient (Wildman–Crippen LogP) is 4.68. The van der Waals surface area contributed by atoms with Gasteiger partial charge in [0.25, 0.3) is 0 Å². The second-order valence-corrected chi connectivity index (χ2v) is 6.95. The normalized spacial score (nSPS) is 12.3. The largest absolute Gasteiger partial charge is 0.316 e. The average molecular weight is 350 g/mol. The fraction of sp³-hybridized carbons (Fsp3) is 0.294. The molecule has 20 heavy (non-hydrogen) atoms. The highest BCUT2D eigenvalue weighted by atomic mass is 79.9. The standard InChI is InChI=1S/C17H20BrNS/c1-13-4-3-5-14(10-13)11-16(19-2)12-20-17-8-6-15(18)7-9-17/h3-10,16,19H,11-12H2,1-2H3. The Balaban J connectivity index is 1.90. The van der Waals surface area contributed by atoms with Crippen molar-refractivity contribution in [3.05, 3.63) is 64.1 Å². The molecule has 0 aliphatic rings. The number of likely N-dealkylation sites (N-methyl/N-ethyl adjacent to an activating group) is 1. The first kappa shape index (κ1) is 15.6. The summed E-state index contributed by atoms with van der Waals surface area (Å²) < 4.78 is 1.13. The number of aryl methyl sites for hydroxylation is 1. The van der Waals surface area contributed by atoms with Crippen molar-refractivity contribution in [1.82, 2.24) is 5.32 Å². The monoisotopic (exact) mass is 349 g/mol. The molecule has 2 rings (SSSR count). The van der Waals surface area contributed by atoms with Crippen LogP contribution >= 0.6 is 27.7 Å². The second-order valence-electron chi connectivity index (χ2n) is 4.94. The Bertz CT molecular complexity index is 539. The van der Waals surface area contributed by atoms with Crippen molar-refractivity contribution in [3.63, 3.8) is 0 Å². The Morgan fingerprint density at radius 3 is 2.55 bits per heavy atom. The Labute approximate surface area is 134 Å². The van der Waals surface area contributed by atoms with Crippen LogP contribution in [0.5, 0.6) is 0 Å². The Morgan fingerprint density at radius 2 is 1.90 bits per heavy atom.